The van der Waals surface area contributed by atoms with Gasteiger partial charge in [0.05, 0.1) is 12.2 Å². The molecular weight excluding hydrogens is 861 g/mol. The van der Waals surface area contributed by atoms with Gasteiger partial charge in [-0.25, -0.2) is 0 Å². The van der Waals surface area contributed by atoms with Crippen LogP contribution < -0.4 is 0 Å². The number of hydrogen-bond donors (Lipinski definition) is 4. The van der Waals surface area contributed by atoms with E-state index in [1.165, 1.54) is 11.1 Å². The lowest BCUT2D eigenvalue weighted by Gasteiger charge is -2.42. The van der Waals surface area contributed by atoms with E-state index in [0.29, 0.717) is 0 Å². The summed E-state index contributed by atoms with van der Waals surface area (Å²) >= 11 is 0. The molecule has 8 rings (SSSR count). The number of rotatable bonds is 16. The topological polar surface area (TPSA) is 87.4 Å². The van der Waals surface area contributed by atoms with E-state index in [-0.39, 0.29) is 22.7 Å². The number of benzene rings is 6. The predicted molar refractivity (Wildman–Crippen MR) is 289 cm³/mol. The highest BCUT2D eigenvalue weighted by Gasteiger charge is 2.43. The Bertz CT molecular complexity index is 2160. The summed E-state index contributed by atoms with van der Waals surface area (Å²) < 4.78 is 0. The molecule has 0 aliphatic carbocycles. The van der Waals surface area contributed by atoms with E-state index in [0.717, 1.165) is 124 Å². The Hall–Kier alpha value is -4.92. The van der Waals surface area contributed by atoms with Gasteiger partial charge < -0.3 is 30.2 Å². The second-order valence-electron chi connectivity index (χ2n) is 22.3. The Morgan fingerprint density at radius 2 is 0.643 bits per heavy atom. The van der Waals surface area contributed by atoms with E-state index >= 15 is 0 Å². The normalized spacial score (nSPS) is 16.8. The molecule has 0 radical (unpaired) electrons. The van der Waals surface area contributed by atoms with Crippen LogP contribution in [0, 0.1) is 11.8 Å². The first-order valence-electron chi connectivity index (χ1n) is 26.3. The van der Waals surface area contributed by atoms with Crippen molar-refractivity contribution in [1.29, 1.82) is 0 Å². The zero-order valence-corrected chi connectivity index (χ0v) is 43.1. The molecule has 6 aromatic rings. The molecule has 6 aromatic carbocycles. The van der Waals surface area contributed by atoms with Crippen LogP contribution in [-0.2, 0) is 22.0 Å². The van der Waals surface area contributed by atoms with Crippen molar-refractivity contribution in [2.24, 2.45) is 11.8 Å². The number of aliphatic hydroxyl groups excluding tert-OH is 2. The third-order valence-corrected chi connectivity index (χ3v) is 15.4. The Morgan fingerprint density at radius 3 is 0.886 bits per heavy atom. The first-order chi connectivity index (χ1) is 33.6. The summed E-state index contributed by atoms with van der Waals surface area (Å²) in [6.07, 6.45) is 6.47. The second kappa shape index (κ2) is 24.0. The summed E-state index contributed by atoms with van der Waals surface area (Å²) in [7, 11) is 0. The van der Waals surface area contributed by atoms with Crippen molar-refractivity contribution < 1.29 is 20.4 Å². The lowest BCUT2D eigenvalue weighted by Crippen LogP contribution is -2.44. The summed E-state index contributed by atoms with van der Waals surface area (Å²) in [5.74, 6) is 0.353. The van der Waals surface area contributed by atoms with Crippen molar-refractivity contribution in [3.8, 4) is 0 Å². The molecule has 0 amide bonds. The van der Waals surface area contributed by atoms with Crippen LogP contribution >= 0.6 is 0 Å². The van der Waals surface area contributed by atoms with E-state index in [1.807, 2.05) is 72.8 Å². The maximum absolute atomic E-state index is 12.1. The van der Waals surface area contributed by atoms with Crippen molar-refractivity contribution in [3.63, 3.8) is 0 Å². The van der Waals surface area contributed by atoms with E-state index < -0.39 is 23.4 Å². The van der Waals surface area contributed by atoms with Crippen molar-refractivity contribution in [3.05, 3.63) is 214 Å². The standard InChI is InChI=1S/2C32H41NO2/c2*1-31(2,3)26-18-16-25(17-19-26)30(34)15-10-22-33-23-20-29(21-24-33)32(35,27-11-6-4-7-12-27)28-13-8-5-9-14-28/h2*4-9,11-14,16-19,29-30,34-35H,10,15,20-24H2,1-3H3/t30-;/m1./s1. The van der Waals surface area contributed by atoms with Crippen molar-refractivity contribution >= 4 is 0 Å². The largest absolute Gasteiger partial charge is 0.388 e. The summed E-state index contributed by atoms with van der Waals surface area (Å²) in [6.45, 7) is 19.1. The minimum absolute atomic E-state index is 0.128. The first kappa shape index (κ1) is 52.9. The molecule has 2 saturated heterocycles. The molecule has 0 spiro atoms. The molecule has 0 aromatic heterocycles. The fraction of sp³-hybridized carbons (Fsp3) is 0.438. The van der Waals surface area contributed by atoms with E-state index in [9.17, 15) is 20.4 Å². The van der Waals surface area contributed by atoms with Crippen molar-refractivity contribution in [1.82, 2.24) is 9.80 Å². The molecule has 0 bridgehead atoms. The zero-order chi connectivity index (χ0) is 49.8. The van der Waals surface area contributed by atoms with Crippen LogP contribution in [0.1, 0.15) is 150 Å². The SMILES string of the molecule is CC(C)(C)c1ccc(C(O)CCCN2CCC(C(O)(c3ccccc3)c3ccccc3)CC2)cc1.CC(C)(C)c1ccc([C@H](O)CCCN2CCC(C(O)(c3ccccc3)c3ccccc3)CC2)cc1. The number of piperidine rings is 2. The second-order valence-corrected chi connectivity index (χ2v) is 22.3. The number of aliphatic hydroxyl groups is 4. The molecule has 372 valence electrons. The molecule has 1 unspecified atom stereocenters. The van der Waals surface area contributed by atoms with Gasteiger partial charge in [-0.1, -0.05) is 211 Å². The average Bonchev–Trinajstić information content (AvgIpc) is 3.39. The third-order valence-electron chi connectivity index (χ3n) is 15.4. The summed E-state index contributed by atoms with van der Waals surface area (Å²) in [5.41, 5.74) is 6.83. The monoisotopic (exact) mass is 943 g/mol. The maximum atomic E-state index is 12.1. The van der Waals surface area contributed by atoms with Gasteiger partial charge in [-0.3, -0.25) is 0 Å². The van der Waals surface area contributed by atoms with E-state index in [1.54, 1.807) is 0 Å². The van der Waals surface area contributed by atoms with Crippen LogP contribution in [0.2, 0.25) is 0 Å². The van der Waals surface area contributed by atoms with Gasteiger partial charge in [-0.05, 0) is 158 Å². The smallest absolute Gasteiger partial charge is 0.117 e. The molecule has 2 fully saturated rings. The number of nitrogens with zero attached hydrogens (tertiary/aromatic N) is 2. The van der Waals surface area contributed by atoms with Crippen LogP contribution in [0.5, 0.6) is 0 Å². The molecule has 2 aliphatic heterocycles. The predicted octanol–water partition coefficient (Wildman–Crippen LogP) is 12.9. The molecule has 4 N–H and O–H groups in total. The van der Waals surface area contributed by atoms with Gasteiger partial charge >= 0.3 is 0 Å². The minimum atomic E-state index is -0.968. The Kier molecular flexibility index (Phi) is 18.1. The highest BCUT2D eigenvalue weighted by atomic mass is 16.3. The third kappa shape index (κ3) is 13.3. The molecule has 6 heteroatoms. The molecule has 6 nitrogen and oxygen atoms in total. The minimum Gasteiger partial charge on any atom is -0.388 e. The van der Waals surface area contributed by atoms with Crippen molar-refractivity contribution in [2.75, 3.05) is 39.3 Å². The fourth-order valence-corrected chi connectivity index (χ4v) is 11.0. The number of likely N-dealkylation sites (tertiary alicyclic amines) is 2. The number of hydrogen-bond acceptors (Lipinski definition) is 6. The van der Waals surface area contributed by atoms with E-state index in [4.69, 9.17) is 0 Å². The highest BCUT2D eigenvalue weighted by molar-refractivity contribution is 5.39. The molecule has 0 saturated carbocycles. The molecular formula is C64H82N2O4. The van der Waals surface area contributed by atoms with Gasteiger partial charge in [0.25, 0.3) is 0 Å². The molecule has 2 heterocycles. The first-order valence-corrected chi connectivity index (χ1v) is 26.3. The van der Waals surface area contributed by atoms with Gasteiger partial charge in [-0.2, -0.15) is 0 Å². The maximum Gasteiger partial charge on any atom is 0.117 e. The molecule has 70 heavy (non-hydrogen) atoms. The Morgan fingerprint density at radius 1 is 0.386 bits per heavy atom. The van der Waals surface area contributed by atoms with Gasteiger partial charge in [0, 0.05) is 0 Å². The van der Waals surface area contributed by atoms with Gasteiger partial charge in [0.2, 0.25) is 0 Å². The summed E-state index contributed by atoms with van der Waals surface area (Å²) in [5, 5.41) is 45.5. The molecule has 2 atom stereocenters. The fourth-order valence-electron chi connectivity index (χ4n) is 11.0. The van der Waals surface area contributed by atoms with Gasteiger partial charge in [0.1, 0.15) is 11.2 Å². The zero-order valence-electron chi connectivity index (χ0n) is 43.1. The Balaban J connectivity index is 0.000000206. The average molecular weight is 943 g/mol. The Labute approximate surface area is 421 Å². The lowest BCUT2D eigenvalue weighted by atomic mass is 9.72. The molecule has 2 aliphatic rings. The van der Waals surface area contributed by atoms with Crippen LogP contribution in [0.25, 0.3) is 0 Å². The quantitative estimate of drug-likeness (QED) is 0.0773. The lowest BCUT2D eigenvalue weighted by molar-refractivity contribution is -0.0148. The van der Waals surface area contributed by atoms with Crippen LogP contribution in [0.15, 0.2) is 170 Å². The summed E-state index contributed by atoms with van der Waals surface area (Å²) in [6, 6.07) is 57.4. The summed E-state index contributed by atoms with van der Waals surface area (Å²) in [4.78, 5) is 4.98. The van der Waals surface area contributed by atoms with Crippen molar-refractivity contribution in [2.45, 2.75) is 127 Å². The van der Waals surface area contributed by atoms with Crippen LogP contribution in [-0.4, -0.2) is 69.5 Å². The highest BCUT2D eigenvalue weighted by Crippen LogP contribution is 2.43. The van der Waals surface area contributed by atoms with E-state index in [2.05, 4.69) is 148 Å². The van der Waals surface area contributed by atoms with Crippen LogP contribution in [0.4, 0.5) is 0 Å². The van der Waals surface area contributed by atoms with Crippen LogP contribution in [0.3, 0.4) is 0 Å². The van der Waals surface area contributed by atoms with Gasteiger partial charge in [0.15, 0.2) is 0 Å². The van der Waals surface area contributed by atoms with Gasteiger partial charge in [-0.15, -0.1) is 0 Å².